The van der Waals surface area contributed by atoms with E-state index in [1.54, 1.807) is 12.1 Å². The van der Waals surface area contributed by atoms with Crippen molar-refractivity contribution in [3.63, 3.8) is 0 Å². The van der Waals surface area contributed by atoms with Crippen molar-refractivity contribution in [3.05, 3.63) is 53.2 Å². The van der Waals surface area contributed by atoms with Crippen molar-refractivity contribution in [1.82, 2.24) is 0 Å². The van der Waals surface area contributed by atoms with Crippen LogP contribution in [0.25, 0.3) is 0 Å². The molecule has 2 rings (SSSR count). The lowest BCUT2D eigenvalue weighted by Gasteiger charge is -2.13. The number of esters is 1. The van der Waals surface area contributed by atoms with Crippen molar-refractivity contribution in [2.24, 2.45) is 0 Å². The predicted octanol–water partition coefficient (Wildman–Crippen LogP) is 3.58. The molecule has 0 fully saturated rings. The molecule has 0 bridgehead atoms. The highest BCUT2D eigenvalue weighted by Gasteiger charge is 2.19. The molecule has 2 aromatic rings. The third-order valence-corrected chi connectivity index (χ3v) is 3.26. The second kappa shape index (κ2) is 7.78. The Balaban J connectivity index is 1.83. The molecule has 0 spiro atoms. The summed E-state index contributed by atoms with van der Waals surface area (Å²) < 4.78 is 23.7. The lowest BCUT2D eigenvalue weighted by Crippen LogP contribution is -2.30. The number of furan rings is 1. The van der Waals surface area contributed by atoms with Gasteiger partial charge >= 0.3 is 5.97 Å². The molecule has 23 heavy (non-hydrogen) atoms. The van der Waals surface area contributed by atoms with Crippen LogP contribution in [0.2, 0.25) is 5.02 Å². The minimum absolute atomic E-state index is 0.0297. The van der Waals surface area contributed by atoms with Gasteiger partial charge in [0.2, 0.25) is 0 Å². The first-order valence-corrected chi connectivity index (χ1v) is 7.31. The minimum Gasteiger partial charge on any atom is -0.469 e. The van der Waals surface area contributed by atoms with Gasteiger partial charge in [0.1, 0.15) is 11.6 Å². The third kappa shape index (κ3) is 5.10. The predicted molar refractivity (Wildman–Crippen MR) is 82.6 cm³/mol. The lowest BCUT2D eigenvalue weighted by molar-refractivity contribution is -0.153. The summed E-state index contributed by atoms with van der Waals surface area (Å²) in [6.07, 6.45) is 0.929. The molecule has 122 valence electrons. The number of amides is 1. The maximum Gasteiger partial charge on any atom is 0.307 e. The van der Waals surface area contributed by atoms with Gasteiger partial charge in [-0.3, -0.25) is 9.59 Å². The van der Waals surface area contributed by atoms with Gasteiger partial charge in [0.05, 0.1) is 18.4 Å². The van der Waals surface area contributed by atoms with E-state index in [4.69, 9.17) is 20.8 Å². The molecule has 0 aliphatic rings. The van der Waals surface area contributed by atoms with Gasteiger partial charge in [-0.15, -0.1) is 0 Å². The van der Waals surface area contributed by atoms with E-state index in [1.807, 2.05) is 0 Å². The second-order valence-corrected chi connectivity index (χ2v) is 5.26. The number of aryl methyl sites for hydroxylation is 1. The fourth-order valence-corrected chi connectivity index (χ4v) is 1.97. The van der Waals surface area contributed by atoms with E-state index in [0.29, 0.717) is 12.2 Å². The Kier molecular flexibility index (Phi) is 5.76. The lowest BCUT2D eigenvalue weighted by atomic mass is 10.2. The zero-order valence-electron chi connectivity index (χ0n) is 12.3. The molecule has 1 aromatic heterocycles. The quantitative estimate of drug-likeness (QED) is 0.817. The van der Waals surface area contributed by atoms with E-state index < -0.39 is 23.8 Å². The van der Waals surface area contributed by atoms with E-state index in [2.05, 4.69) is 5.32 Å². The van der Waals surface area contributed by atoms with Gasteiger partial charge in [-0.1, -0.05) is 11.6 Å². The molecule has 0 unspecified atom stereocenters. The van der Waals surface area contributed by atoms with Gasteiger partial charge in [-0.05, 0) is 37.3 Å². The summed E-state index contributed by atoms with van der Waals surface area (Å²) in [6.45, 7) is 1.41. The second-order valence-electron chi connectivity index (χ2n) is 4.82. The number of benzene rings is 1. The average Bonchev–Trinajstić information content (AvgIpc) is 3.01. The van der Waals surface area contributed by atoms with Crippen LogP contribution in [0.5, 0.6) is 0 Å². The molecule has 1 aromatic carbocycles. The maximum absolute atomic E-state index is 13.6. The molecule has 0 aliphatic carbocycles. The summed E-state index contributed by atoms with van der Waals surface area (Å²) in [5, 5.41) is 2.56. The SMILES string of the molecule is C[C@H](OC(=O)CCc1ccco1)C(=O)Nc1ccc(Cl)cc1F. The molecule has 1 amide bonds. The monoisotopic (exact) mass is 339 g/mol. The van der Waals surface area contributed by atoms with Crippen molar-refractivity contribution < 1.29 is 23.1 Å². The fourth-order valence-electron chi connectivity index (χ4n) is 1.81. The van der Waals surface area contributed by atoms with Gasteiger partial charge in [0, 0.05) is 11.4 Å². The summed E-state index contributed by atoms with van der Waals surface area (Å²) in [6, 6.07) is 7.32. The average molecular weight is 340 g/mol. The summed E-state index contributed by atoms with van der Waals surface area (Å²) in [4.78, 5) is 23.6. The van der Waals surface area contributed by atoms with Crippen LogP contribution in [0.1, 0.15) is 19.1 Å². The van der Waals surface area contributed by atoms with Crippen molar-refractivity contribution in [1.29, 1.82) is 0 Å². The molecule has 1 N–H and O–H groups in total. The first kappa shape index (κ1) is 17.0. The first-order chi connectivity index (χ1) is 11.0. The summed E-state index contributed by atoms with van der Waals surface area (Å²) in [5.74, 6) is -1.18. The Bertz CT molecular complexity index is 687. The van der Waals surface area contributed by atoms with Crippen molar-refractivity contribution >= 4 is 29.2 Å². The fraction of sp³-hybridized carbons (Fsp3) is 0.250. The van der Waals surface area contributed by atoms with Gasteiger partial charge < -0.3 is 14.5 Å². The zero-order chi connectivity index (χ0) is 16.8. The molecule has 0 saturated heterocycles. The number of rotatable bonds is 6. The number of hydrogen-bond acceptors (Lipinski definition) is 4. The maximum atomic E-state index is 13.6. The molecule has 1 atom stereocenters. The topological polar surface area (TPSA) is 68.5 Å². The number of nitrogens with one attached hydrogen (secondary N) is 1. The molecule has 0 saturated carbocycles. The zero-order valence-corrected chi connectivity index (χ0v) is 13.1. The molecule has 5 nitrogen and oxygen atoms in total. The highest BCUT2D eigenvalue weighted by molar-refractivity contribution is 6.30. The largest absolute Gasteiger partial charge is 0.469 e. The standard InChI is InChI=1S/C16H15ClFNO4/c1-10(23-15(20)7-5-12-3-2-8-22-12)16(21)19-14-6-4-11(17)9-13(14)18/h2-4,6,8-10H,5,7H2,1H3,(H,19,21)/t10-/m0/s1. The van der Waals surface area contributed by atoms with Crippen LogP contribution in [0.3, 0.4) is 0 Å². The Morgan fingerprint density at radius 3 is 2.83 bits per heavy atom. The summed E-state index contributed by atoms with van der Waals surface area (Å²) in [7, 11) is 0. The van der Waals surface area contributed by atoms with Gasteiger partial charge in [0.15, 0.2) is 6.10 Å². The Labute approximate surface area is 137 Å². The van der Waals surface area contributed by atoms with Gasteiger partial charge in [0.25, 0.3) is 5.91 Å². The van der Waals surface area contributed by atoms with Crippen LogP contribution in [0, 0.1) is 5.82 Å². The van der Waals surface area contributed by atoms with Crippen LogP contribution in [-0.2, 0) is 20.7 Å². The molecule has 0 aliphatic heterocycles. The van der Waals surface area contributed by atoms with E-state index in [0.717, 1.165) is 6.07 Å². The first-order valence-electron chi connectivity index (χ1n) is 6.93. The Morgan fingerprint density at radius 1 is 1.39 bits per heavy atom. The van der Waals surface area contributed by atoms with Crippen molar-refractivity contribution in [2.45, 2.75) is 25.9 Å². The van der Waals surface area contributed by atoms with Crippen LogP contribution >= 0.6 is 11.6 Å². The van der Waals surface area contributed by atoms with Crippen molar-refractivity contribution in [3.8, 4) is 0 Å². The molecule has 0 radical (unpaired) electrons. The molecular weight excluding hydrogens is 325 g/mol. The van der Waals surface area contributed by atoms with Gasteiger partial charge in [-0.25, -0.2) is 4.39 Å². The van der Waals surface area contributed by atoms with Crippen LogP contribution in [-0.4, -0.2) is 18.0 Å². The van der Waals surface area contributed by atoms with Crippen LogP contribution in [0.15, 0.2) is 41.0 Å². The number of ether oxygens (including phenoxy) is 1. The van der Waals surface area contributed by atoms with Gasteiger partial charge in [-0.2, -0.15) is 0 Å². The number of halogens is 2. The van der Waals surface area contributed by atoms with Crippen molar-refractivity contribution in [2.75, 3.05) is 5.32 Å². The van der Waals surface area contributed by atoms with E-state index >= 15 is 0 Å². The van der Waals surface area contributed by atoms with Crippen LogP contribution < -0.4 is 5.32 Å². The number of hydrogen-bond donors (Lipinski definition) is 1. The normalized spacial score (nSPS) is 11.8. The van der Waals surface area contributed by atoms with E-state index in [9.17, 15) is 14.0 Å². The van der Waals surface area contributed by atoms with E-state index in [-0.39, 0.29) is 17.1 Å². The highest BCUT2D eigenvalue weighted by Crippen LogP contribution is 2.19. The van der Waals surface area contributed by atoms with Crippen LogP contribution in [0.4, 0.5) is 10.1 Å². The molecular formula is C16H15ClFNO4. The molecule has 1 heterocycles. The van der Waals surface area contributed by atoms with E-state index in [1.165, 1.54) is 25.3 Å². The Morgan fingerprint density at radius 2 is 2.17 bits per heavy atom. The third-order valence-electron chi connectivity index (χ3n) is 3.02. The summed E-state index contributed by atoms with van der Waals surface area (Å²) in [5.41, 5.74) is -0.0297. The smallest absolute Gasteiger partial charge is 0.307 e. The number of carbonyl (C=O) groups excluding carboxylic acids is 2. The summed E-state index contributed by atoms with van der Waals surface area (Å²) >= 11 is 5.63. The minimum atomic E-state index is -1.05. The number of carbonyl (C=O) groups is 2. The molecule has 7 heteroatoms. The Hall–Kier alpha value is -2.34. The highest BCUT2D eigenvalue weighted by atomic mass is 35.5. The number of anilines is 1.